The summed E-state index contributed by atoms with van der Waals surface area (Å²) >= 11 is 0. The van der Waals surface area contributed by atoms with E-state index in [0.29, 0.717) is 6.61 Å². The third-order valence-electron chi connectivity index (χ3n) is 2.17. The van der Waals surface area contributed by atoms with E-state index in [4.69, 9.17) is 4.74 Å². The third kappa shape index (κ3) is 1.75. The highest BCUT2D eigenvalue weighted by Gasteiger charge is 2.29. The molecule has 1 unspecified atom stereocenters. The van der Waals surface area contributed by atoms with Crippen LogP contribution >= 0.6 is 0 Å². The Morgan fingerprint density at radius 2 is 2.42 bits per heavy atom. The Bertz CT molecular complexity index is 208. The van der Waals surface area contributed by atoms with Crippen molar-refractivity contribution < 1.29 is 9.13 Å². The molecule has 1 aliphatic rings. The zero-order valence-electron chi connectivity index (χ0n) is 7.64. The van der Waals surface area contributed by atoms with Crippen molar-refractivity contribution >= 4 is 0 Å². The minimum Gasteiger partial charge on any atom is -0.368 e. The number of halogens is 1. The summed E-state index contributed by atoms with van der Waals surface area (Å²) in [5.74, 6) is 0. The van der Waals surface area contributed by atoms with Crippen molar-refractivity contribution in [3.8, 4) is 0 Å². The fraction of sp³-hybridized carbons (Fsp3) is 0.600. The van der Waals surface area contributed by atoms with E-state index in [1.54, 1.807) is 6.92 Å². The van der Waals surface area contributed by atoms with E-state index >= 15 is 0 Å². The molecule has 0 radical (unpaired) electrons. The Labute approximate surface area is 72.9 Å². The Kier molecular flexibility index (Phi) is 3.04. The SMILES string of the molecule is CCOC(C)(CF)C1=CC=CC1. The van der Waals surface area contributed by atoms with Gasteiger partial charge in [-0.3, -0.25) is 0 Å². The summed E-state index contributed by atoms with van der Waals surface area (Å²) in [7, 11) is 0. The highest BCUT2D eigenvalue weighted by atomic mass is 19.1. The van der Waals surface area contributed by atoms with Crippen molar-refractivity contribution in [2.24, 2.45) is 0 Å². The first-order valence-corrected chi connectivity index (χ1v) is 4.29. The topological polar surface area (TPSA) is 9.23 Å². The lowest BCUT2D eigenvalue weighted by Gasteiger charge is -2.27. The molecule has 1 atom stereocenters. The minimum absolute atomic E-state index is 0.450. The van der Waals surface area contributed by atoms with Crippen LogP contribution in [0.5, 0.6) is 0 Å². The molecular formula is C10H15FO. The molecule has 1 rings (SSSR count). The first kappa shape index (κ1) is 9.46. The lowest BCUT2D eigenvalue weighted by atomic mass is 9.96. The second-order valence-corrected chi connectivity index (χ2v) is 3.12. The Morgan fingerprint density at radius 3 is 2.83 bits per heavy atom. The van der Waals surface area contributed by atoms with Crippen molar-refractivity contribution in [2.45, 2.75) is 25.9 Å². The molecule has 0 aliphatic heterocycles. The van der Waals surface area contributed by atoms with Gasteiger partial charge in [0.2, 0.25) is 0 Å². The Morgan fingerprint density at radius 1 is 1.67 bits per heavy atom. The summed E-state index contributed by atoms with van der Waals surface area (Å²) < 4.78 is 18.1. The van der Waals surface area contributed by atoms with Crippen LogP contribution in [0.4, 0.5) is 4.39 Å². The fourth-order valence-electron chi connectivity index (χ4n) is 1.38. The molecular weight excluding hydrogens is 155 g/mol. The van der Waals surface area contributed by atoms with E-state index in [2.05, 4.69) is 0 Å². The van der Waals surface area contributed by atoms with E-state index in [1.165, 1.54) is 0 Å². The average Bonchev–Trinajstić information content (AvgIpc) is 2.57. The summed E-state index contributed by atoms with van der Waals surface area (Å²) in [6.45, 7) is 3.79. The van der Waals surface area contributed by atoms with Crippen LogP contribution in [0.2, 0.25) is 0 Å². The number of hydrogen-bond acceptors (Lipinski definition) is 1. The standard InChI is InChI=1S/C10H15FO/c1-3-12-10(2,8-11)9-6-4-5-7-9/h4-6H,3,7-8H2,1-2H3. The fourth-order valence-corrected chi connectivity index (χ4v) is 1.38. The van der Waals surface area contributed by atoms with Crippen LogP contribution < -0.4 is 0 Å². The lowest BCUT2D eigenvalue weighted by Crippen LogP contribution is -2.33. The average molecular weight is 170 g/mol. The van der Waals surface area contributed by atoms with Crippen LogP contribution in [0.25, 0.3) is 0 Å². The molecule has 2 heteroatoms. The zero-order chi connectivity index (χ0) is 9.03. The molecule has 12 heavy (non-hydrogen) atoms. The molecule has 0 spiro atoms. The van der Waals surface area contributed by atoms with Gasteiger partial charge in [-0.25, -0.2) is 4.39 Å². The van der Waals surface area contributed by atoms with Crippen LogP contribution in [0.15, 0.2) is 23.8 Å². The lowest BCUT2D eigenvalue weighted by molar-refractivity contribution is -0.0138. The summed E-state index contributed by atoms with van der Waals surface area (Å²) in [4.78, 5) is 0. The number of alkyl halides is 1. The van der Waals surface area contributed by atoms with Crippen molar-refractivity contribution in [3.63, 3.8) is 0 Å². The van der Waals surface area contributed by atoms with E-state index in [1.807, 2.05) is 25.2 Å². The van der Waals surface area contributed by atoms with Gasteiger partial charge in [-0.05, 0) is 25.8 Å². The first-order chi connectivity index (χ1) is 5.73. The maximum Gasteiger partial charge on any atom is 0.122 e. The molecule has 1 nitrogen and oxygen atoms in total. The second-order valence-electron chi connectivity index (χ2n) is 3.12. The molecule has 0 aromatic carbocycles. The van der Waals surface area contributed by atoms with E-state index in [9.17, 15) is 4.39 Å². The Hall–Kier alpha value is -0.630. The molecule has 68 valence electrons. The minimum atomic E-state index is -0.696. The van der Waals surface area contributed by atoms with Crippen molar-refractivity contribution in [3.05, 3.63) is 23.8 Å². The van der Waals surface area contributed by atoms with Gasteiger partial charge in [-0.1, -0.05) is 18.2 Å². The molecule has 0 aromatic rings. The van der Waals surface area contributed by atoms with Crippen LogP contribution in [-0.4, -0.2) is 18.9 Å². The van der Waals surface area contributed by atoms with Gasteiger partial charge >= 0.3 is 0 Å². The quantitative estimate of drug-likeness (QED) is 0.630. The van der Waals surface area contributed by atoms with Gasteiger partial charge in [0.05, 0.1) is 0 Å². The first-order valence-electron chi connectivity index (χ1n) is 4.29. The third-order valence-corrected chi connectivity index (χ3v) is 2.17. The Balaban J connectivity index is 2.66. The normalized spacial score (nSPS) is 20.8. The van der Waals surface area contributed by atoms with Gasteiger partial charge in [0, 0.05) is 6.61 Å². The molecule has 0 bridgehead atoms. The summed E-state index contributed by atoms with van der Waals surface area (Å²) in [5.41, 5.74) is 0.338. The monoisotopic (exact) mass is 170 g/mol. The highest BCUT2D eigenvalue weighted by Crippen LogP contribution is 2.28. The maximum atomic E-state index is 12.7. The molecule has 0 fully saturated rings. The molecule has 0 saturated heterocycles. The van der Waals surface area contributed by atoms with Gasteiger partial charge in [0.25, 0.3) is 0 Å². The van der Waals surface area contributed by atoms with Crippen LogP contribution in [0.3, 0.4) is 0 Å². The van der Waals surface area contributed by atoms with Gasteiger partial charge in [-0.15, -0.1) is 0 Å². The number of hydrogen-bond donors (Lipinski definition) is 0. The van der Waals surface area contributed by atoms with Crippen molar-refractivity contribution in [1.82, 2.24) is 0 Å². The van der Waals surface area contributed by atoms with E-state index in [0.717, 1.165) is 12.0 Å². The number of allylic oxidation sites excluding steroid dienone is 3. The summed E-state index contributed by atoms with van der Waals surface area (Å²) in [6, 6.07) is 0. The van der Waals surface area contributed by atoms with E-state index in [-0.39, 0.29) is 0 Å². The van der Waals surface area contributed by atoms with Crippen LogP contribution in [0.1, 0.15) is 20.3 Å². The molecule has 0 heterocycles. The maximum absolute atomic E-state index is 12.7. The second kappa shape index (κ2) is 3.85. The zero-order valence-corrected chi connectivity index (χ0v) is 7.64. The predicted molar refractivity (Wildman–Crippen MR) is 47.8 cm³/mol. The van der Waals surface area contributed by atoms with Gasteiger partial charge < -0.3 is 4.74 Å². The largest absolute Gasteiger partial charge is 0.368 e. The molecule has 0 N–H and O–H groups in total. The van der Waals surface area contributed by atoms with Crippen LogP contribution in [-0.2, 0) is 4.74 Å². The molecule has 0 saturated carbocycles. The van der Waals surface area contributed by atoms with Crippen LogP contribution in [0, 0.1) is 0 Å². The van der Waals surface area contributed by atoms with Gasteiger partial charge in [0.1, 0.15) is 12.3 Å². The molecule has 1 aliphatic carbocycles. The van der Waals surface area contributed by atoms with Crippen molar-refractivity contribution in [1.29, 1.82) is 0 Å². The predicted octanol–water partition coefficient (Wildman–Crippen LogP) is 2.64. The smallest absolute Gasteiger partial charge is 0.122 e. The van der Waals surface area contributed by atoms with E-state index < -0.39 is 12.3 Å². The number of rotatable bonds is 4. The van der Waals surface area contributed by atoms with Crippen molar-refractivity contribution in [2.75, 3.05) is 13.3 Å². The molecule has 0 amide bonds. The summed E-state index contributed by atoms with van der Waals surface area (Å²) in [5, 5.41) is 0. The van der Waals surface area contributed by atoms with Gasteiger partial charge in [0.15, 0.2) is 0 Å². The van der Waals surface area contributed by atoms with Gasteiger partial charge in [-0.2, -0.15) is 0 Å². The molecule has 0 aromatic heterocycles. The number of ether oxygens (including phenoxy) is 1. The summed E-state index contributed by atoms with van der Waals surface area (Å²) in [6.07, 6.45) is 6.72. The highest BCUT2D eigenvalue weighted by molar-refractivity contribution is 5.30.